The number of rotatable bonds is 8. The van der Waals surface area contributed by atoms with E-state index < -0.39 is 16.1 Å². The summed E-state index contributed by atoms with van der Waals surface area (Å²) in [6.45, 7) is 9.11. The van der Waals surface area contributed by atoms with Gasteiger partial charge in [-0.05, 0) is 67.8 Å². The summed E-state index contributed by atoms with van der Waals surface area (Å²) >= 11 is 2.70. The van der Waals surface area contributed by atoms with Crippen molar-refractivity contribution in [1.82, 2.24) is 14.2 Å². The number of benzene rings is 1. The van der Waals surface area contributed by atoms with Crippen molar-refractivity contribution in [3.05, 3.63) is 40.8 Å². The Morgan fingerprint density at radius 2 is 1.95 bits per heavy atom. The van der Waals surface area contributed by atoms with Crippen LogP contribution in [0.5, 0.6) is 0 Å². The Labute approximate surface area is 226 Å². The first-order chi connectivity index (χ1) is 17.8. The van der Waals surface area contributed by atoms with E-state index in [-0.39, 0.29) is 10.1 Å². The van der Waals surface area contributed by atoms with Gasteiger partial charge in [0.15, 0.2) is 5.13 Å². The number of thiazole rings is 1. The number of morpholine rings is 1. The van der Waals surface area contributed by atoms with Crippen molar-refractivity contribution in [3.63, 3.8) is 0 Å². The lowest BCUT2D eigenvalue weighted by atomic mass is 10.0. The third-order valence-corrected chi connectivity index (χ3v) is 11.6. The fourth-order valence-electron chi connectivity index (χ4n) is 5.01. The average Bonchev–Trinajstić information content (AvgIpc) is 3.58. The van der Waals surface area contributed by atoms with Gasteiger partial charge < -0.3 is 4.74 Å². The lowest BCUT2D eigenvalue weighted by molar-refractivity contribution is -0.123. The zero-order valence-electron chi connectivity index (χ0n) is 21.4. The number of ether oxygens (including phenoxy) is 1. The zero-order chi connectivity index (χ0) is 26.0. The highest BCUT2D eigenvalue weighted by molar-refractivity contribution is 7.91. The first-order valence-corrected chi connectivity index (χ1v) is 16.0. The highest BCUT2D eigenvalue weighted by Gasteiger charge is 2.40. The van der Waals surface area contributed by atoms with E-state index in [0.29, 0.717) is 24.6 Å². The topological polar surface area (TPSA) is 83.1 Å². The van der Waals surface area contributed by atoms with Gasteiger partial charge in [-0.25, -0.2) is 13.4 Å². The van der Waals surface area contributed by atoms with Gasteiger partial charge in [0.2, 0.25) is 5.91 Å². The number of aryl methyl sites for hydroxylation is 2. The van der Waals surface area contributed by atoms with Gasteiger partial charge in [0.1, 0.15) is 10.3 Å². The van der Waals surface area contributed by atoms with Gasteiger partial charge in [-0.1, -0.05) is 23.8 Å². The summed E-state index contributed by atoms with van der Waals surface area (Å²) in [6.07, 6.45) is 2.88. The molecule has 0 aliphatic carbocycles. The van der Waals surface area contributed by atoms with E-state index in [1.165, 1.54) is 32.5 Å². The maximum atomic E-state index is 14.2. The fourth-order valence-corrected chi connectivity index (χ4v) is 8.85. The van der Waals surface area contributed by atoms with Gasteiger partial charge in [0.05, 0.1) is 23.4 Å². The van der Waals surface area contributed by atoms with Gasteiger partial charge >= 0.3 is 0 Å². The molecular formula is C26H34N4O4S3. The van der Waals surface area contributed by atoms with Crippen LogP contribution in [0.4, 0.5) is 5.13 Å². The van der Waals surface area contributed by atoms with E-state index in [1.54, 1.807) is 22.4 Å². The molecule has 3 aromatic rings. The van der Waals surface area contributed by atoms with Crippen LogP contribution >= 0.6 is 22.7 Å². The largest absolute Gasteiger partial charge is 0.379 e. The first-order valence-electron chi connectivity index (χ1n) is 12.9. The summed E-state index contributed by atoms with van der Waals surface area (Å²) in [6, 6.07) is 6.82. The van der Waals surface area contributed by atoms with Crippen molar-refractivity contribution in [2.75, 3.05) is 50.8 Å². The molecule has 1 atom stereocenters. The standard InChI is InChI=1S/C26H34N4O4S3/c1-19-17-21-23(18-20(19)2)36-26(27-21)29(10-6-9-28-12-14-34-15-13-28)25(31)22-7-3-4-11-30(22)37(32,33)24-8-5-16-35-24/h5,8,16-18,22H,3-4,6-7,9-15H2,1-2H3. The first kappa shape index (κ1) is 26.7. The van der Waals surface area contributed by atoms with E-state index in [4.69, 9.17) is 9.72 Å². The van der Waals surface area contributed by atoms with Crippen LogP contribution in [0.3, 0.4) is 0 Å². The van der Waals surface area contributed by atoms with Gasteiger partial charge in [-0.3, -0.25) is 14.6 Å². The Balaban J connectivity index is 1.44. The third-order valence-electron chi connectivity index (χ3n) is 7.25. The van der Waals surface area contributed by atoms with E-state index >= 15 is 0 Å². The molecule has 0 spiro atoms. The van der Waals surface area contributed by atoms with Crippen LogP contribution in [0.15, 0.2) is 33.9 Å². The molecule has 37 heavy (non-hydrogen) atoms. The monoisotopic (exact) mass is 562 g/mol. The number of sulfonamides is 1. The van der Waals surface area contributed by atoms with Crippen molar-refractivity contribution in [3.8, 4) is 0 Å². The maximum absolute atomic E-state index is 14.2. The summed E-state index contributed by atoms with van der Waals surface area (Å²) in [5.41, 5.74) is 3.23. The molecule has 2 saturated heterocycles. The maximum Gasteiger partial charge on any atom is 0.253 e. The number of hydrogen-bond acceptors (Lipinski definition) is 8. The van der Waals surface area contributed by atoms with E-state index in [0.717, 1.165) is 67.9 Å². The number of thiophene rings is 1. The molecule has 8 nitrogen and oxygen atoms in total. The second-order valence-corrected chi connectivity index (χ2v) is 13.8. The van der Waals surface area contributed by atoms with Crippen LogP contribution in [0.1, 0.15) is 36.8 Å². The second kappa shape index (κ2) is 11.5. The molecule has 1 unspecified atom stereocenters. The third kappa shape index (κ3) is 5.76. The number of hydrogen-bond donors (Lipinski definition) is 0. The molecule has 2 fully saturated rings. The Bertz CT molecular complexity index is 1290. The second-order valence-electron chi connectivity index (χ2n) is 9.76. The van der Waals surface area contributed by atoms with Gasteiger partial charge in [-0.2, -0.15) is 4.31 Å². The number of piperidine rings is 1. The quantitative estimate of drug-likeness (QED) is 0.408. The lowest BCUT2D eigenvalue weighted by Crippen LogP contribution is -2.53. The molecule has 1 amide bonds. The summed E-state index contributed by atoms with van der Waals surface area (Å²) in [5.74, 6) is -0.172. The Morgan fingerprint density at radius 1 is 1.16 bits per heavy atom. The number of aromatic nitrogens is 1. The van der Waals surface area contributed by atoms with E-state index in [1.807, 2.05) is 0 Å². The van der Waals surface area contributed by atoms with Crippen LogP contribution in [0, 0.1) is 13.8 Å². The smallest absolute Gasteiger partial charge is 0.253 e. The van der Waals surface area contributed by atoms with E-state index in [9.17, 15) is 13.2 Å². The SMILES string of the molecule is Cc1cc2nc(N(CCCN3CCOCC3)C(=O)C3CCCCN3S(=O)(=O)c3cccs3)sc2cc1C. The highest BCUT2D eigenvalue weighted by Crippen LogP contribution is 2.34. The van der Waals surface area contributed by atoms with Crippen molar-refractivity contribution >= 4 is 54.0 Å². The molecular weight excluding hydrogens is 529 g/mol. The van der Waals surface area contributed by atoms with Crippen molar-refractivity contribution < 1.29 is 17.9 Å². The molecule has 4 heterocycles. The summed E-state index contributed by atoms with van der Waals surface area (Å²) in [7, 11) is -3.74. The number of amides is 1. The summed E-state index contributed by atoms with van der Waals surface area (Å²) in [5, 5.41) is 2.41. The Hall–Kier alpha value is -1.89. The molecule has 0 radical (unpaired) electrons. The molecule has 11 heteroatoms. The average molecular weight is 563 g/mol. The molecule has 0 N–H and O–H groups in total. The number of anilines is 1. The van der Waals surface area contributed by atoms with Crippen molar-refractivity contribution in [2.24, 2.45) is 0 Å². The van der Waals surface area contributed by atoms with Crippen molar-refractivity contribution in [1.29, 1.82) is 0 Å². The molecule has 5 rings (SSSR count). The normalized spacial score (nSPS) is 19.9. The predicted octanol–water partition coefficient (Wildman–Crippen LogP) is 4.27. The number of nitrogens with zero attached hydrogens (tertiary/aromatic N) is 4. The zero-order valence-corrected chi connectivity index (χ0v) is 23.8. The number of carbonyl (C=O) groups is 1. The Morgan fingerprint density at radius 3 is 2.70 bits per heavy atom. The van der Waals surface area contributed by atoms with Crippen LogP contribution in [0.25, 0.3) is 10.2 Å². The van der Waals surface area contributed by atoms with Gasteiger partial charge in [-0.15, -0.1) is 11.3 Å². The number of carbonyl (C=O) groups excluding carboxylic acids is 1. The molecule has 2 aliphatic heterocycles. The number of fused-ring (bicyclic) bond motifs is 1. The highest BCUT2D eigenvalue weighted by atomic mass is 32.2. The molecule has 2 aromatic heterocycles. The minimum absolute atomic E-state index is 0.172. The minimum atomic E-state index is -3.74. The molecule has 2 aliphatic rings. The predicted molar refractivity (Wildman–Crippen MR) is 149 cm³/mol. The van der Waals surface area contributed by atoms with Crippen LogP contribution in [-0.4, -0.2) is 80.5 Å². The van der Waals surface area contributed by atoms with Crippen LogP contribution in [-0.2, 0) is 19.6 Å². The Kier molecular flexibility index (Phi) is 8.28. The molecule has 1 aromatic carbocycles. The van der Waals surface area contributed by atoms with Crippen LogP contribution in [0.2, 0.25) is 0 Å². The van der Waals surface area contributed by atoms with Crippen molar-refractivity contribution in [2.45, 2.75) is 49.8 Å². The minimum Gasteiger partial charge on any atom is -0.379 e. The van der Waals surface area contributed by atoms with Gasteiger partial charge in [0.25, 0.3) is 10.0 Å². The summed E-state index contributed by atoms with van der Waals surface area (Å²) < 4.78 is 35.2. The van der Waals surface area contributed by atoms with Crippen LogP contribution < -0.4 is 4.90 Å². The van der Waals surface area contributed by atoms with E-state index in [2.05, 4.69) is 30.9 Å². The molecule has 0 saturated carbocycles. The molecule has 200 valence electrons. The lowest BCUT2D eigenvalue weighted by Gasteiger charge is -2.36. The summed E-state index contributed by atoms with van der Waals surface area (Å²) in [4.78, 5) is 23.1. The van der Waals surface area contributed by atoms with Gasteiger partial charge in [0, 0.05) is 32.7 Å². The molecule has 0 bridgehead atoms. The fraction of sp³-hybridized carbons (Fsp3) is 0.538.